The predicted octanol–water partition coefficient (Wildman–Crippen LogP) is 1.89. The molecule has 3 aliphatic rings. The minimum Gasteiger partial charge on any atom is -0.376 e. The normalized spacial score (nSPS) is 29.4. The Labute approximate surface area is 122 Å². The third-order valence-corrected chi connectivity index (χ3v) is 5.07. The van der Waals surface area contributed by atoms with Crippen molar-refractivity contribution in [2.45, 2.75) is 57.1 Å². The van der Waals surface area contributed by atoms with Crippen LogP contribution in [0.3, 0.4) is 0 Å². The zero-order valence-electron chi connectivity index (χ0n) is 12.7. The maximum Gasteiger partial charge on any atom is 0.225 e. The van der Waals surface area contributed by atoms with Crippen LogP contribution in [0.25, 0.3) is 0 Å². The summed E-state index contributed by atoms with van der Waals surface area (Å²) in [4.78, 5) is 17.0. The van der Waals surface area contributed by atoms with Crippen LogP contribution in [0.4, 0.5) is 0 Å². The molecule has 2 aliphatic heterocycles. The summed E-state index contributed by atoms with van der Waals surface area (Å²) in [5, 5.41) is 0. The van der Waals surface area contributed by atoms with Gasteiger partial charge >= 0.3 is 0 Å². The third kappa shape index (κ3) is 3.53. The maximum absolute atomic E-state index is 12.5. The van der Waals surface area contributed by atoms with Crippen molar-refractivity contribution >= 4 is 5.91 Å². The van der Waals surface area contributed by atoms with Gasteiger partial charge in [0.2, 0.25) is 5.91 Å². The van der Waals surface area contributed by atoms with Crippen molar-refractivity contribution in [3.63, 3.8) is 0 Å². The van der Waals surface area contributed by atoms with E-state index in [9.17, 15) is 4.79 Å². The van der Waals surface area contributed by atoms with E-state index in [1.54, 1.807) is 0 Å². The molecule has 3 rings (SSSR count). The molecule has 0 aromatic carbocycles. The van der Waals surface area contributed by atoms with E-state index in [0.29, 0.717) is 5.91 Å². The van der Waals surface area contributed by atoms with Crippen LogP contribution in [0.2, 0.25) is 0 Å². The lowest BCUT2D eigenvalue weighted by Crippen LogP contribution is -2.44. The minimum atomic E-state index is 0.249. The monoisotopic (exact) mass is 280 g/mol. The Balaban J connectivity index is 1.43. The molecule has 0 N–H and O–H groups in total. The van der Waals surface area contributed by atoms with Gasteiger partial charge in [0, 0.05) is 32.2 Å². The molecule has 114 valence electrons. The first kappa shape index (κ1) is 14.3. The van der Waals surface area contributed by atoms with Gasteiger partial charge in [-0.1, -0.05) is 0 Å². The molecule has 4 nitrogen and oxygen atoms in total. The molecule has 1 atom stereocenters. The van der Waals surface area contributed by atoms with Gasteiger partial charge in [-0.25, -0.2) is 0 Å². The lowest BCUT2D eigenvalue weighted by Gasteiger charge is -2.34. The quantitative estimate of drug-likeness (QED) is 0.788. The van der Waals surface area contributed by atoms with Gasteiger partial charge < -0.3 is 14.5 Å². The second-order valence-corrected chi connectivity index (χ2v) is 6.75. The molecule has 1 amide bonds. The predicted molar refractivity (Wildman–Crippen MR) is 78.5 cm³/mol. The molecule has 1 saturated carbocycles. The molecule has 0 radical (unpaired) electrons. The maximum atomic E-state index is 12.5. The summed E-state index contributed by atoms with van der Waals surface area (Å²) in [7, 11) is 1.95. The minimum absolute atomic E-state index is 0.249. The van der Waals surface area contributed by atoms with Gasteiger partial charge in [0.15, 0.2) is 0 Å². The van der Waals surface area contributed by atoms with Crippen molar-refractivity contribution in [3.05, 3.63) is 0 Å². The second kappa shape index (κ2) is 6.44. The lowest BCUT2D eigenvalue weighted by atomic mass is 9.95. The molecule has 2 heterocycles. The number of likely N-dealkylation sites (N-methyl/N-ethyl adjacent to an activating group) is 1. The van der Waals surface area contributed by atoms with Crippen molar-refractivity contribution in [2.75, 3.05) is 33.3 Å². The number of carbonyl (C=O) groups excluding carboxylic acids is 1. The second-order valence-electron chi connectivity index (χ2n) is 6.75. The molecule has 4 heteroatoms. The van der Waals surface area contributed by atoms with Crippen LogP contribution in [0.5, 0.6) is 0 Å². The van der Waals surface area contributed by atoms with Crippen LogP contribution < -0.4 is 0 Å². The summed E-state index contributed by atoms with van der Waals surface area (Å²) in [6.45, 7) is 3.89. The van der Waals surface area contributed by atoms with Gasteiger partial charge in [0.25, 0.3) is 0 Å². The van der Waals surface area contributed by atoms with Gasteiger partial charge in [-0.2, -0.15) is 0 Å². The van der Waals surface area contributed by atoms with Crippen molar-refractivity contribution < 1.29 is 9.53 Å². The van der Waals surface area contributed by atoms with Crippen molar-refractivity contribution in [3.8, 4) is 0 Å². The number of hydrogen-bond acceptors (Lipinski definition) is 3. The third-order valence-electron chi connectivity index (χ3n) is 5.07. The fourth-order valence-electron chi connectivity index (χ4n) is 3.61. The van der Waals surface area contributed by atoms with E-state index >= 15 is 0 Å². The first-order valence-corrected chi connectivity index (χ1v) is 8.34. The summed E-state index contributed by atoms with van der Waals surface area (Å²) >= 11 is 0. The summed E-state index contributed by atoms with van der Waals surface area (Å²) in [6.07, 6.45) is 8.63. The van der Waals surface area contributed by atoms with Gasteiger partial charge in [-0.15, -0.1) is 0 Å². The van der Waals surface area contributed by atoms with Gasteiger partial charge in [-0.05, 0) is 58.0 Å². The van der Waals surface area contributed by atoms with Crippen LogP contribution in [-0.2, 0) is 9.53 Å². The van der Waals surface area contributed by atoms with Gasteiger partial charge in [0.1, 0.15) is 0 Å². The number of likely N-dealkylation sites (tertiary alicyclic amines) is 1. The van der Waals surface area contributed by atoms with Crippen molar-refractivity contribution in [1.29, 1.82) is 0 Å². The molecule has 0 aromatic rings. The van der Waals surface area contributed by atoms with E-state index in [4.69, 9.17) is 4.74 Å². The Kier molecular flexibility index (Phi) is 4.61. The van der Waals surface area contributed by atoms with E-state index in [2.05, 4.69) is 4.90 Å². The Hall–Kier alpha value is -0.610. The molecule has 2 saturated heterocycles. The van der Waals surface area contributed by atoms with Crippen molar-refractivity contribution in [1.82, 2.24) is 9.80 Å². The highest BCUT2D eigenvalue weighted by Crippen LogP contribution is 2.31. The van der Waals surface area contributed by atoms with Gasteiger partial charge in [0.05, 0.1) is 6.10 Å². The van der Waals surface area contributed by atoms with Crippen molar-refractivity contribution in [2.24, 2.45) is 5.92 Å². The number of rotatable bonds is 4. The highest BCUT2D eigenvalue weighted by molar-refractivity contribution is 5.78. The molecule has 1 aliphatic carbocycles. The van der Waals surface area contributed by atoms with Crippen LogP contribution >= 0.6 is 0 Å². The number of amides is 1. The number of hydrogen-bond donors (Lipinski definition) is 0. The number of piperidine rings is 1. The lowest BCUT2D eigenvalue weighted by molar-refractivity contribution is -0.138. The fraction of sp³-hybridized carbons (Fsp3) is 0.938. The Morgan fingerprint density at radius 1 is 1.15 bits per heavy atom. The first-order chi connectivity index (χ1) is 9.74. The highest BCUT2D eigenvalue weighted by atomic mass is 16.5. The van der Waals surface area contributed by atoms with Crippen LogP contribution in [0.15, 0.2) is 0 Å². The zero-order valence-corrected chi connectivity index (χ0v) is 12.7. The van der Waals surface area contributed by atoms with E-state index in [-0.39, 0.29) is 12.0 Å². The molecule has 0 aromatic heterocycles. The first-order valence-electron chi connectivity index (χ1n) is 8.34. The number of ether oxygens (including phenoxy) is 1. The smallest absolute Gasteiger partial charge is 0.225 e. The highest BCUT2D eigenvalue weighted by Gasteiger charge is 2.34. The topological polar surface area (TPSA) is 32.8 Å². The number of carbonyl (C=O) groups is 1. The molecule has 0 spiro atoms. The summed E-state index contributed by atoms with van der Waals surface area (Å²) in [6, 6.07) is 0.847. The zero-order chi connectivity index (χ0) is 13.9. The Morgan fingerprint density at radius 2 is 1.90 bits per heavy atom. The fourth-order valence-corrected chi connectivity index (χ4v) is 3.61. The van der Waals surface area contributed by atoms with E-state index in [1.165, 1.54) is 25.7 Å². The molecule has 3 fully saturated rings. The van der Waals surface area contributed by atoms with E-state index < -0.39 is 0 Å². The molecular weight excluding hydrogens is 252 g/mol. The standard InChI is InChI=1S/C16H28N2O2/c1-17(12-15-4-2-3-11-20-15)16(19)13-7-9-18(10-8-13)14-5-6-14/h13-15H,2-12H2,1H3. The molecule has 1 unspecified atom stereocenters. The van der Waals surface area contributed by atoms with E-state index in [0.717, 1.165) is 51.5 Å². The summed E-state index contributed by atoms with van der Waals surface area (Å²) in [5.41, 5.74) is 0. The summed E-state index contributed by atoms with van der Waals surface area (Å²) < 4.78 is 5.74. The SMILES string of the molecule is CN(CC1CCCCO1)C(=O)C1CCN(C2CC2)CC1. The molecule has 20 heavy (non-hydrogen) atoms. The molecular formula is C16H28N2O2. The largest absolute Gasteiger partial charge is 0.376 e. The average molecular weight is 280 g/mol. The number of nitrogens with zero attached hydrogens (tertiary/aromatic N) is 2. The van der Waals surface area contributed by atoms with Crippen LogP contribution in [-0.4, -0.2) is 61.1 Å². The summed E-state index contributed by atoms with van der Waals surface area (Å²) in [5.74, 6) is 0.591. The Bertz CT molecular complexity index is 329. The van der Waals surface area contributed by atoms with Gasteiger partial charge in [-0.3, -0.25) is 4.79 Å². The molecule has 0 bridgehead atoms. The average Bonchev–Trinajstić information content (AvgIpc) is 3.32. The Morgan fingerprint density at radius 3 is 2.50 bits per heavy atom. The van der Waals surface area contributed by atoms with Crippen LogP contribution in [0.1, 0.15) is 44.9 Å². The van der Waals surface area contributed by atoms with Crippen LogP contribution in [0, 0.1) is 5.92 Å². The van der Waals surface area contributed by atoms with E-state index in [1.807, 2.05) is 11.9 Å².